The minimum Gasteiger partial charge on any atom is -0.481 e. The van der Waals surface area contributed by atoms with Crippen LogP contribution in [-0.2, 0) is 4.79 Å². The van der Waals surface area contributed by atoms with Crippen molar-refractivity contribution in [2.24, 2.45) is 0 Å². The Bertz CT molecular complexity index is 335. The van der Waals surface area contributed by atoms with Gasteiger partial charge in [0.15, 0.2) is 0 Å². The first-order valence-corrected chi connectivity index (χ1v) is 5.01. The smallest absolute Gasteiger partial charge is 0.312 e. The highest BCUT2D eigenvalue weighted by Crippen LogP contribution is 2.19. The van der Waals surface area contributed by atoms with E-state index in [2.05, 4.69) is 0 Å². The van der Waals surface area contributed by atoms with Gasteiger partial charge >= 0.3 is 5.97 Å². The minimum absolute atomic E-state index is 0.483. The Labute approximate surface area is 94.3 Å². The number of carbonyl (C=O) groups is 1. The van der Waals surface area contributed by atoms with E-state index in [1.165, 1.54) is 0 Å². The second-order valence-electron chi connectivity index (χ2n) is 3.70. The van der Waals surface area contributed by atoms with Crippen molar-refractivity contribution < 1.29 is 9.90 Å². The van der Waals surface area contributed by atoms with Crippen molar-refractivity contribution in [2.75, 3.05) is 20.6 Å². The lowest BCUT2D eigenvalue weighted by atomic mass is 9.99. The second-order valence-corrected chi connectivity index (χ2v) is 4.14. The van der Waals surface area contributed by atoms with Gasteiger partial charge in [0.05, 0.1) is 5.92 Å². The fraction of sp³-hybridized carbons (Fsp3) is 0.364. The number of carboxylic acid groups (broad SMARTS) is 1. The molecule has 0 bridgehead atoms. The Morgan fingerprint density at radius 3 is 2.33 bits per heavy atom. The molecule has 1 N–H and O–H groups in total. The highest BCUT2D eigenvalue weighted by atomic mass is 35.5. The van der Waals surface area contributed by atoms with Crippen LogP contribution < -0.4 is 0 Å². The van der Waals surface area contributed by atoms with Gasteiger partial charge in [0.2, 0.25) is 0 Å². The van der Waals surface area contributed by atoms with E-state index in [0.29, 0.717) is 11.6 Å². The molecule has 3 nitrogen and oxygen atoms in total. The van der Waals surface area contributed by atoms with E-state index in [-0.39, 0.29) is 0 Å². The molecule has 1 unspecified atom stereocenters. The molecular weight excluding hydrogens is 214 g/mol. The van der Waals surface area contributed by atoms with Crippen LogP contribution in [0.1, 0.15) is 11.5 Å². The minimum atomic E-state index is -0.814. The van der Waals surface area contributed by atoms with Gasteiger partial charge in [-0.2, -0.15) is 0 Å². The number of halogens is 1. The largest absolute Gasteiger partial charge is 0.481 e. The molecule has 0 saturated heterocycles. The van der Waals surface area contributed by atoms with E-state index in [4.69, 9.17) is 16.7 Å². The summed E-state index contributed by atoms with van der Waals surface area (Å²) in [5.41, 5.74) is 0.778. The predicted octanol–water partition coefficient (Wildman–Crippen LogP) is 2.07. The van der Waals surface area contributed by atoms with Gasteiger partial charge in [0, 0.05) is 11.6 Å². The maximum atomic E-state index is 11.1. The average Bonchev–Trinajstić information content (AvgIpc) is 2.15. The standard InChI is InChI=1S/C11H14ClNO2/c1-13(2)7-10(11(14)15)8-3-5-9(12)6-4-8/h3-6,10H,7H2,1-2H3,(H,14,15). The lowest BCUT2D eigenvalue weighted by Gasteiger charge is -2.17. The number of hydrogen-bond donors (Lipinski definition) is 1. The first-order chi connectivity index (χ1) is 7.00. The summed E-state index contributed by atoms with van der Waals surface area (Å²) >= 11 is 5.74. The van der Waals surface area contributed by atoms with Crippen LogP contribution in [0.3, 0.4) is 0 Å². The number of benzene rings is 1. The van der Waals surface area contributed by atoms with Crippen LogP contribution in [0.4, 0.5) is 0 Å². The van der Waals surface area contributed by atoms with Crippen LogP contribution in [0.15, 0.2) is 24.3 Å². The van der Waals surface area contributed by atoms with Crippen LogP contribution in [0, 0.1) is 0 Å². The maximum Gasteiger partial charge on any atom is 0.312 e. The summed E-state index contributed by atoms with van der Waals surface area (Å²) in [6, 6.07) is 6.93. The van der Waals surface area contributed by atoms with Crippen molar-refractivity contribution in [2.45, 2.75) is 5.92 Å². The Hall–Kier alpha value is -1.06. The fourth-order valence-electron chi connectivity index (χ4n) is 1.39. The molecule has 1 atom stereocenters. The maximum absolute atomic E-state index is 11.1. The van der Waals surface area contributed by atoms with Crippen LogP contribution in [0.5, 0.6) is 0 Å². The molecule has 4 heteroatoms. The summed E-state index contributed by atoms with van der Waals surface area (Å²) in [4.78, 5) is 12.9. The van der Waals surface area contributed by atoms with E-state index in [0.717, 1.165) is 5.56 Å². The van der Waals surface area contributed by atoms with Crippen LogP contribution >= 0.6 is 11.6 Å². The van der Waals surface area contributed by atoms with E-state index in [1.54, 1.807) is 24.3 Å². The molecule has 82 valence electrons. The number of likely N-dealkylation sites (N-methyl/N-ethyl adjacent to an activating group) is 1. The van der Waals surface area contributed by atoms with Gasteiger partial charge in [-0.1, -0.05) is 23.7 Å². The number of aliphatic carboxylic acids is 1. The molecule has 0 amide bonds. The molecule has 0 aliphatic carbocycles. The van der Waals surface area contributed by atoms with Crippen molar-refractivity contribution >= 4 is 17.6 Å². The summed E-state index contributed by atoms with van der Waals surface area (Å²) in [7, 11) is 3.71. The van der Waals surface area contributed by atoms with E-state index in [9.17, 15) is 4.79 Å². The zero-order valence-corrected chi connectivity index (χ0v) is 9.53. The van der Waals surface area contributed by atoms with Crippen molar-refractivity contribution in [1.82, 2.24) is 4.90 Å². The molecule has 0 aliphatic heterocycles. The van der Waals surface area contributed by atoms with Gasteiger partial charge in [-0.15, -0.1) is 0 Å². The highest BCUT2D eigenvalue weighted by molar-refractivity contribution is 6.30. The molecular formula is C11H14ClNO2. The predicted molar refractivity (Wildman–Crippen MR) is 60.4 cm³/mol. The number of nitrogens with zero attached hydrogens (tertiary/aromatic N) is 1. The Morgan fingerprint density at radius 1 is 1.40 bits per heavy atom. The molecule has 0 aliphatic rings. The Balaban J connectivity index is 2.89. The van der Waals surface area contributed by atoms with E-state index < -0.39 is 11.9 Å². The molecule has 0 heterocycles. The number of hydrogen-bond acceptors (Lipinski definition) is 2. The molecule has 0 spiro atoms. The van der Waals surface area contributed by atoms with Crippen molar-refractivity contribution in [3.05, 3.63) is 34.9 Å². The highest BCUT2D eigenvalue weighted by Gasteiger charge is 2.20. The third kappa shape index (κ3) is 3.53. The molecule has 0 aromatic heterocycles. The van der Waals surface area contributed by atoms with Crippen LogP contribution in [0.25, 0.3) is 0 Å². The van der Waals surface area contributed by atoms with Crippen LogP contribution in [0.2, 0.25) is 5.02 Å². The van der Waals surface area contributed by atoms with Gasteiger partial charge in [-0.3, -0.25) is 4.79 Å². The molecule has 15 heavy (non-hydrogen) atoms. The summed E-state index contributed by atoms with van der Waals surface area (Å²) in [5.74, 6) is -1.32. The first-order valence-electron chi connectivity index (χ1n) is 4.63. The number of rotatable bonds is 4. The second kappa shape index (κ2) is 5.14. The van der Waals surface area contributed by atoms with Gasteiger partial charge in [-0.25, -0.2) is 0 Å². The first kappa shape index (κ1) is 12.0. The van der Waals surface area contributed by atoms with E-state index in [1.807, 2.05) is 19.0 Å². The number of carboxylic acids is 1. The summed E-state index contributed by atoms with van der Waals surface area (Å²) in [6.07, 6.45) is 0. The normalized spacial score (nSPS) is 12.8. The molecule has 1 aromatic rings. The molecule has 0 fully saturated rings. The van der Waals surface area contributed by atoms with Crippen molar-refractivity contribution in [3.63, 3.8) is 0 Å². The molecule has 0 saturated carbocycles. The Morgan fingerprint density at radius 2 is 1.93 bits per heavy atom. The SMILES string of the molecule is CN(C)CC(C(=O)O)c1ccc(Cl)cc1. The zero-order valence-electron chi connectivity index (χ0n) is 8.77. The van der Waals surface area contributed by atoms with Crippen LogP contribution in [-0.4, -0.2) is 36.6 Å². The molecule has 0 radical (unpaired) electrons. The van der Waals surface area contributed by atoms with Gasteiger partial charge in [0.1, 0.15) is 0 Å². The monoisotopic (exact) mass is 227 g/mol. The zero-order chi connectivity index (χ0) is 11.4. The van der Waals surface area contributed by atoms with Crippen molar-refractivity contribution in [3.8, 4) is 0 Å². The summed E-state index contributed by atoms with van der Waals surface area (Å²) in [6.45, 7) is 0.483. The quantitative estimate of drug-likeness (QED) is 0.856. The third-order valence-electron chi connectivity index (χ3n) is 2.12. The Kier molecular flexibility index (Phi) is 4.12. The molecule has 1 aromatic carbocycles. The van der Waals surface area contributed by atoms with Gasteiger partial charge in [-0.05, 0) is 31.8 Å². The summed E-state index contributed by atoms with van der Waals surface area (Å²) < 4.78 is 0. The lowest BCUT2D eigenvalue weighted by molar-refractivity contribution is -0.139. The summed E-state index contributed by atoms with van der Waals surface area (Å²) in [5, 5.41) is 9.70. The third-order valence-corrected chi connectivity index (χ3v) is 2.37. The van der Waals surface area contributed by atoms with Gasteiger partial charge in [0.25, 0.3) is 0 Å². The topological polar surface area (TPSA) is 40.5 Å². The fourth-order valence-corrected chi connectivity index (χ4v) is 1.51. The average molecular weight is 228 g/mol. The lowest BCUT2D eigenvalue weighted by Crippen LogP contribution is -2.25. The van der Waals surface area contributed by atoms with Crippen molar-refractivity contribution in [1.29, 1.82) is 0 Å². The molecule has 1 rings (SSSR count). The van der Waals surface area contributed by atoms with Gasteiger partial charge < -0.3 is 10.0 Å². The van der Waals surface area contributed by atoms with E-state index >= 15 is 0 Å².